The van der Waals surface area contributed by atoms with Gasteiger partial charge in [-0.3, -0.25) is 0 Å². The molecule has 0 spiro atoms. The van der Waals surface area contributed by atoms with Crippen molar-refractivity contribution in [3.8, 4) is 11.9 Å². The molecular formula is C15H12BrFN2O2. The molecule has 0 radical (unpaired) electrons. The third-order valence-electron chi connectivity index (χ3n) is 2.87. The van der Waals surface area contributed by atoms with Gasteiger partial charge in [0.1, 0.15) is 11.2 Å². The highest BCUT2D eigenvalue weighted by atomic mass is 79.9. The summed E-state index contributed by atoms with van der Waals surface area (Å²) in [7, 11) is 0. The van der Waals surface area contributed by atoms with E-state index in [-0.39, 0.29) is 17.8 Å². The molecular weight excluding hydrogens is 339 g/mol. The highest BCUT2D eigenvalue weighted by Gasteiger charge is 2.07. The van der Waals surface area contributed by atoms with Crippen LogP contribution in [0.3, 0.4) is 0 Å². The van der Waals surface area contributed by atoms with Gasteiger partial charge >= 0.3 is 0 Å². The van der Waals surface area contributed by atoms with Crippen LogP contribution in [0, 0.1) is 17.1 Å². The van der Waals surface area contributed by atoms with Crippen LogP contribution in [0.2, 0.25) is 0 Å². The van der Waals surface area contributed by atoms with Gasteiger partial charge in [-0.2, -0.15) is 5.26 Å². The van der Waals surface area contributed by atoms with Crippen molar-refractivity contribution in [3.63, 3.8) is 0 Å². The number of pyridine rings is 1. The van der Waals surface area contributed by atoms with Crippen LogP contribution in [0.1, 0.15) is 16.7 Å². The number of ether oxygens (including phenoxy) is 1. The van der Waals surface area contributed by atoms with Crippen LogP contribution in [0.15, 0.2) is 34.9 Å². The molecule has 2 rings (SSSR count). The maximum atomic E-state index is 13.1. The van der Waals surface area contributed by atoms with E-state index in [1.807, 2.05) is 0 Å². The Labute approximate surface area is 130 Å². The molecule has 0 saturated carbocycles. The quantitative estimate of drug-likeness (QED) is 0.841. The fourth-order valence-corrected chi connectivity index (χ4v) is 2.13. The van der Waals surface area contributed by atoms with Crippen LogP contribution in [-0.4, -0.2) is 16.7 Å². The van der Waals surface area contributed by atoms with Crippen LogP contribution in [0.5, 0.6) is 5.88 Å². The molecule has 0 aliphatic carbocycles. The molecule has 4 nitrogen and oxygen atoms in total. The highest BCUT2D eigenvalue weighted by Crippen LogP contribution is 2.19. The molecule has 0 unspecified atom stereocenters. The summed E-state index contributed by atoms with van der Waals surface area (Å²) in [6.07, 6.45) is 0.439. The number of aromatic nitrogens is 1. The monoisotopic (exact) mass is 350 g/mol. The van der Waals surface area contributed by atoms with Gasteiger partial charge in [0, 0.05) is 12.7 Å². The average molecular weight is 351 g/mol. The molecule has 0 amide bonds. The number of nitrogens with zero attached hydrogens (tertiary/aromatic N) is 2. The van der Waals surface area contributed by atoms with E-state index in [2.05, 4.69) is 27.0 Å². The maximum Gasteiger partial charge on any atom is 0.214 e. The zero-order valence-corrected chi connectivity index (χ0v) is 12.6. The largest absolute Gasteiger partial charge is 0.473 e. The molecule has 6 heteroatoms. The lowest BCUT2D eigenvalue weighted by Gasteiger charge is -2.10. The maximum absolute atomic E-state index is 13.1. The first-order chi connectivity index (χ1) is 10.1. The summed E-state index contributed by atoms with van der Waals surface area (Å²) >= 11 is 3.00. The van der Waals surface area contributed by atoms with E-state index in [1.165, 1.54) is 12.1 Å². The van der Waals surface area contributed by atoms with E-state index in [1.54, 1.807) is 18.2 Å². The minimum absolute atomic E-state index is 0.0117. The van der Waals surface area contributed by atoms with Gasteiger partial charge in [-0.25, -0.2) is 9.37 Å². The van der Waals surface area contributed by atoms with E-state index >= 15 is 0 Å². The molecule has 108 valence electrons. The first kappa shape index (κ1) is 15.4. The van der Waals surface area contributed by atoms with E-state index < -0.39 is 5.82 Å². The lowest BCUT2D eigenvalue weighted by atomic mass is 10.0. The van der Waals surface area contributed by atoms with Crippen LogP contribution in [-0.2, 0) is 13.0 Å². The Morgan fingerprint density at radius 2 is 2.10 bits per heavy atom. The van der Waals surface area contributed by atoms with Crippen molar-refractivity contribution >= 4 is 15.9 Å². The van der Waals surface area contributed by atoms with Gasteiger partial charge in [-0.15, -0.1) is 0 Å². The van der Waals surface area contributed by atoms with Gasteiger partial charge in [0.2, 0.25) is 5.88 Å². The molecule has 0 aliphatic heterocycles. The molecule has 0 saturated heterocycles. The zero-order valence-electron chi connectivity index (χ0n) is 11.0. The third kappa shape index (κ3) is 4.00. The average Bonchev–Trinajstić information content (AvgIpc) is 2.49. The van der Waals surface area contributed by atoms with E-state index in [4.69, 9.17) is 15.1 Å². The lowest BCUT2D eigenvalue weighted by molar-refractivity contribution is 0.284. The summed E-state index contributed by atoms with van der Waals surface area (Å²) in [5.74, 6) is -0.163. The van der Waals surface area contributed by atoms with Crippen LogP contribution >= 0.6 is 15.9 Å². The molecule has 1 aromatic heterocycles. The van der Waals surface area contributed by atoms with Crippen molar-refractivity contribution in [1.29, 1.82) is 5.26 Å². The van der Waals surface area contributed by atoms with Crippen LogP contribution < -0.4 is 4.74 Å². The van der Waals surface area contributed by atoms with Gasteiger partial charge in [-0.1, -0.05) is 6.07 Å². The third-order valence-corrected chi connectivity index (χ3v) is 3.43. The summed E-state index contributed by atoms with van der Waals surface area (Å²) in [6.45, 7) is 0.217. The molecule has 21 heavy (non-hydrogen) atoms. The molecule has 1 heterocycles. The van der Waals surface area contributed by atoms with Crippen LogP contribution in [0.4, 0.5) is 4.39 Å². The molecule has 0 fully saturated rings. The minimum atomic E-state index is -0.457. The number of aliphatic hydroxyl groups excluding tert-OH is 1. The normalized spacial score (nSPS) is 10.2. The Morgan fingerprint density at radius 3 is 2.76 bits per heavy atom. The van der Waals surface area contributed by atoms with E-state index in [0.717, 1.165) is 11.1 Å². The van der Waals surface area contributed by atoms with Crippen molar-refractivity contribution < 1.29 is 14.2 Å². The second-order valence-corrected chi connectivity index (χ2v) is 5.03. The topological polar surface area (TPSA) is 66.1 Å². The second-order valence-electron chi connectivity index (χ2n) is 4.28. The Bertz CT molecular complexity index is 686. The Hall–Kier alpha value is -1.97. The number of hydrogen-bond donors (Lipinski definition) is 1. The Balaban J connectivity index is 2.15. The van der Waals surface area contributed by atoms with Gasteiger partial charge in [0.15, 0.2) is 5.82 Å². The summed E-state index contributed by atoms with van der Waals surface area (Å²) in [5.41, 5.74) is 2.23. The number of halogens is 2. The predicted molar refractivity (Wildman–Crippen MR) is 78.2 cm³/mol. The molecule has 0 atom stereocenters. The highest BCUT2D eigenvalue weighted by molar-refractivity contribution is 9.10. The molecule has 1 N–H and O–H groups in total. The summed E-state index contributed by atoms with van der Waals surface area (Å²) < 4.78 is 18.7. The van der Waals surface area contributed by atoms with Gasteiger partial charge in [-0.05, 0) is 51.7 Å². The fraction of sp³-hybridized carbons (Fsp3) is 0.200. The Morgan fingerprint density at radius 1 is 1.29 bits per heavy atom. The number of aliphatic hydroxyl groups is 1. The number of rotatable bonds is 5. The van der Waals surface area contributed by atoms with Crippen molar-refractivity contribution in [1.82, 2.24) is 4.98 Å². The van der Waals surface area contributed by atoms with Gasteiger partial charge < -0.3 is 9.84 Å². The zero-order chi connectivity index (χ0) is 15.2. The van der Waals surface area contributed by atoms with Crippen molar-refractivity contribution in [2.24, 2.45) is 0 Å². The molecule has 0 bridgehead atoms. The van der Waals surface area contributed by atoms with E-state index in [0.29, 0.717) is 17.9 Å². The second kappa shape index (κ2) is 7.16. The number of hydrogen-bond acceptors (Lipinski definition) is 4. The van der Waals surface area contributed by atoms with Gasteiger partial charge in [0.25, 0.3) is 0 Å². The number of nitriles is 1. The van der Waals surface area contributed by atoms with Crippen LogP contribution in [0.25, 0.3) is 0 Å². The molecule has 0 aliphatic rings. The van der Waals surface area contributed by atoms with E-state index in [9.17, 15) is 4.39 Å². The molecule has 1 aromatic carbocycles. The minimum Gasteiger partial charge on any atom is -0.473 e. The smallest absolute Gasteiger partial charge is 0.214 e. The van der Waals surface area contributed by atoms with Crippen molar-refractivity contribution in [3.05, 3.63) is 57.4 Å². The van der Waals surface area contributed by atoms with Crippen molar-refractivity contribution in [2.45, 2.75) is 13.0 Å². The standard InChI is InChI=1S/C15H12BrFN2O2/c16-15-13(17)3-4-14(19-15)21-9-12-2-1-10(8-18)7-11(12)5-6-20/h1-4,7,20H,5-6,9H2. The predicted octanol–water partition coefficient (Wildman–Crippen LogP) is 2.97. The fourth-order valence-electron chi connectivity index (χ4n) is 1.82. The first-order valence-corrected chi connectivity index (χ1v) is 7.01. The SMILES string of the molecule is N#Cc1ccc(COc2ccc(F)c(Br)n2)c(CCO)c1. The lowest BCUT2D eigenvalue weighted by Crippen LogP contribution is -2.04. The van der Waals surface area contributed by atoms with Crippen molar-refractivity contribution in [2.75, 3.05) is 6.61 Å². The summed E-state index contributed by atoms with van der Waals surface area (Å²) in [4.78, 5) is 3.91. The Kier molecular flexibility index (Phi) is 5.26. The number of benzene rings is 1. The van der Waals surface area contributed by atoms with Gasteiger partial charge in [0.05, 0.1) is 11.6 Å². The molecule has 2 aromatic rings. The summed E-state index contributed by atoms with van der Waals surface area (Å²) in [6, 6.07) is 9.95. The summed E-state index contributed by atoms with van der Waals surface area (Å²) in [5, 5.41) is 18.0. The first-order valence-electron chi connectivity index (χ1n) is 6.21.